The first-order chi connectivity index (χ1) is 8.75. The third kappa shape index (κ3) is 4.07. The van der Waals surface area contributed by atoms with Crippen LogP contribution in [0.1, 0.15) is 37.7 Å². The highest BCUT2D eigenvalue weighted by Gasteiger charge is 2.15. The van der Waals surface area contributed by atoms with Gasteiger partial charge in [0, 0.05) is 12.6 Å². The maximum Gasteiger partial charge on any atom is 0.126 e. The van der Waals surface area contributed by atoms with E-state index in [1.54, 1.807) is 6.07 Å². The van der Waals surface area contributed by atoms with Gasteiger partial charge in [0.1, 0.15) is 5.82 Å². The van der Waals surface area contributed by atoms with Crippen molar-refractivity contribution >= 4 is 0 Å². The number of benzene rings is 1. The van der Waals surface area contributed by atoms with E-state index in [9.17, 15) is 4.39 Å². The molecule has 2 N–H and O–H groups in total. The first kappa shape index (κ1) is 13.5. The summed E-state index contributed by atoms with van der Waals surface area (Å²) in [7, 11) is 0. The Bertz CT molecular complexity index is 363. The predicted molar refractivity (Wildman–Crippen MR) is 70.9 cm³/mol. The van der Waals surface area contributed by atoms with Crippen LogP contribution in [0.25, 0.3) is 0 Å². The average molecular weight is 251 g/mol. The molecule has 1 aromatic rings. The van der Waals surface area contributed by atoms with Crippen LogP contribution in [0.2, 0.25) is 0 Å². The molecular weight excluding hydrogens is 229 g/mol. The molecule has 0 aromatic heterocycles. The van der Waals surface area contributed by atoms with Gasteiger partial charge >= 0.3 is 0 Å². The fourth-order valence-corrected chi connectivity index (χ4v) is 2.48. The van der Waals surface area contributed by atoms with E-state index in [-0.39, 0.29) is 11.9 Å². The highest BCUT2D eigenvalue weighted by molar-refractivity contribution is 5.18. The molecule has 0 bridgehead atoms. The van der Waals surface area contributed by atoms with Gasteiger partial charge in [0.15, 0.2) is 0 Å². The lowest BCUT2D eigenvalue weighted by Crippen LogP contribution is -2.27. The minimum atomic E-state index is -0.151. The zero-order chi connectivity index (χ0) is 12.8. The highest BCUT2D eigenvalue weighted by Crippen LogP contribution is 2.18. The van der Waals surface area contributed by atoms with Crippen LogP contribution in [0.5, 0.6) is 0 Å². The molecule has 3 heteroatoms. The van der Waals surface area contributed by atoms with Crippen molar-refractivity contribution in [2.75, 3.05) is 6.61 Å². The van der Waals surface area contributed by atoms with Crippen LogP contribution in [0, 0.1) is 5.82 Å². The second kappa shape index (κ2) is 6.86. The topological polar surface area (TPSA) is 35.2 Å². The van der Waals surface area contributed by atoms with Crippen molar-refractivity contribution in [1.82, 2.24) is 0 Å². The first-order valence-electron chi connectivity index (χ1n) is 6.86. The number of hydrogen-bond donors (Lipinski definition) is 1. The van der Waals surface area contributed by atoms with Crippen LogP contribution < -0.4 is 5.73 Å². The monoisotopic (exact) mass is 251 g/mol. The van der Waals surface area contributed by atoms with Crippen LogP contribution >= 0.6 is 0 Å². The minimum Gasteiger partial charge on any atom is -0.378 e. The van der Waals surface area contributed by atoms with E-state index < -0.39 is 0 Å². The van der Waals surface area contributed by atoms with Crippen molar-refractivity contribution in [3.05, 3.63) is 35.6 Å². The quantitative estimate of drug-likeness (QED) is 0.873. The fourth-order valence-electron chi connectivity index (χ4n) is 2.48. The third-order valence-electron chi connectivity index (χ3n) is 3.57. The molecule has 2 nitrogen and oxygen atoms in total. The second-order valence-corrected chi connectivity index (χ2v) is 5.12. The van der Waals surface area contributed by atoms with E-state index in [0.29, 0.717) is 12.5 Å². The van der Waals surface area contributed by atoms with Crippen LogP contribution in [-0.2, 0) is 11.2 Å². The van der Waals surface area contributed by atoms with Crippen molar-refractivity contribution in [2.45, 2.75) is 50.7 Å². The van der Waals surface area contributed by atoms with E-state index >= 15 is 0 Å². The Kier molecular flexibility index (Phi) is 5.14. The number of nitrogens with two attached hydrogens (primary N) is 1. The maximum absolute atomic E-state index is 13.5. The molecule has 1 saturated heterocycles. The Labute approximate surface area is 108 Å². The van der Waals surface area contributed by atoms with E-state index in [4.69, 9.17) is 10.5 Å². The summed E-state index contributed by atoms with van der Waals surface area (Å²) in [5.41, 5.74) is 6.79. The number of rotatable bonds is 5. The normalized spacial score (nSPS) is 21.8. The zero-order valence-corrected chi connectivity index (χ0v) is 10.8. The van der Waals surface area contributed by atoms with Crippen LogP contribution in [-0.4, -0.2) is 18.8 Å². The molecule has 1 aliphatic heterocycles. The summed E-state index contributed by atoms with van der Waals surface area (Å²) >= 11 is 0. The number of hydrogen-bond acceptors (Lipinski definition) is 2. The molecule has 2 atom stereocenters. The smallest absolute Gasteiger partial charge is 0.126 e. The van der Waals surface area contributed by atoms with Gasteiger partial charge in [0.2, 0.25) is 0 Å². The van der Waals surface area contributed by atoms with Gasteiger partial charge in [-0.1, -0.05) is 18.2 Å². The molecule has 1 aromatic carbocycles. The van der Waals surface area contributed by atoms with E-state index in [2.05, 4.69) is 0 Å². The third-order valence-corrected chi connectivity index (χ3v) is 3.57. The Balaban J connectivity index is 1.74. The average Bonchev–Trinajstić information content (AvgIpc) is 2.40. The second-order valence-electron chi connectivity index (χ2n) is 5.12. The lowest BCUT2D eigenvalue weighted by molar-refractivity contribution is 0.00915. The maximum atomic E-state index is 13.5. The predicted octanol–water partition coefficient (Wildman–Crippen LogP) is 3.04. The van der Waals surface area contributed by atoms with Gasteiger partial charge in [-0.25, -0.2) is 4.39 Å². The van der Waals surface area contributed by atoms with Gasteiger partial charge in [-0.3, -0.25) is 0 Å². The summed E-state index contributed by atoms with van der Waals surface area (Å²) in [5, 5.41) is 0. The van der Waals surface area contributed by atoms with Gasteiger partial charge in [0.25, 0.3) is 0 Å². The summed E-state index contributed by atoms with van der Waals surface area (Å²) in [4.78, 5) is 0. The SMILES string of the molecule is NC(CCC1CCCCO1)Cc1ccccc1F. The van der Waals surface area contributed by atoms with Crippen molar-refractivity contribution < 1.29 is 9.13 Å². The van der Waals surface area contributed by atoms with Crippen molar-refractivity contribution in [3.8, 4) is 0 Å². The summed E-state index contributed by atoms with van der Waals surface area (Å²) in [6.07, 6.45) is 6.45. The van der Waals surface area contributed by atoms with Gasteiger partial charge < -0.3 is 10.5 Å². The molecule has 0 aliphatic carbocycles. The molecule has 1 fully saturated rings. The molecule has 0 radical (unpaired) electrons. The molecule has 1 aliphatic rings. The largest absolute Gasteiger partial charge is 0.378 e. The summed E-state index contributed by atoms with van der Waals surface area (Å²) in [6.45, 7) is 0.882. The highest BCUT2D eigenvalue weighted by atomic mass is 19.1. The zero-order valence-electron chi connectivity index (χ0n) is 10.8. The molecule has 2 rings (SSSR count). The molecule has 0 saturated carbocycles. The summed E-state index contributed by atoms with van der Waals surface area (Å²) in [6, 6.07) is 6.89. The van der Waals surface area contributed by atoms with E-state index in [1.165, 1.54) is 18.9 Å². The number of halogens is 1. The lowest BCUT2D eigenvalue weighted by Gasteiger charge is -2.23. The van der Waals surface area contributed by atoms with Crippen LogP contribution in [0.4, 0.5) is 4.39 Å². The molecular formula is C15H22FNO. The molecule has 18 heavy (non-hydrogen) atoms. The summed E-state index contributed by atoms with van der Waals surface area (Å²) < 4.78 is 19.1. The molecule has 0 spiro atoms. The molecule has 0 amide bonds. The summed E-state index contributed by atoms with van der Waals surface area (Å²) in [5.74, 6) is -0.151. The standard InChI is InChI=1S/C15H22FNO/c16-15-7-2-1-5-12(15)11-13(17)8-9-14-6-3-4-10-18-14/h1-2,5,7,13-14H,3-4,6,8-11,17H2. The van der Waals surface area contributed by atoms with Crippen LogP contribution in [0.3, 0.4) is 0 Å². The van der Waals surface area contributed by atoms with E-state index in [1.807, 2.05) is 12.1 Å². The Morgan fingerprint density at radius 1 is 1.33 bits per heavy atom. The first-order valence-corrected chi connectivity index (χ1v) is 6.86. The van der Waals surface area contributed by atoms with Crippen molar-refractivity contribution in [2.24, 2.45) is 5.73 Å². The molecule has 100 valence electrons. The minimum absolute atomic E-state index is 0.0208. The van der Waals surface area contributed by atoms with Crippen molar-refractivity contribution in [3.63, 3.8) is 0 Å². The van der Waals surface area contributed by atoms with Gasteiger partial charge in [-0.05, 0) is 50.2 Å². The van der Waals surface area contributed by atoms with Gasteiger partial charge in [0.05, 0.1) is 6.10 Å². The van der Waals surface area contributed by atoms with Gasteiger partial charge in [-0.2, -0.15) is 0 Å². The molecule has 1 heterocycles. The fraction of sp³-hybridized carbons (Fsp3) is 0.600. The van der Waals surface area contributed by atoms with Crippen molar-refractivity contribution in [1.29, 1.82) is 0 Å². The number of ether oxygens (including phenoxy) is 1. The lowest BCUT2D eigenvalue weighted by atomic mass is 9.98. The Morgan fingerprint density at radius 3 is 2.89 bits per heavy atom. The Hall–Kier alpha value is -0.930. The Morgan fingerprint density at radius 2 is 2.17 bits per heavy atom. The molecule has 2 unspecified atom stereocenters. The van der Waals surface area contributed by atoms with Crippen LogP contribution in [0.15, 0.2) is 24.3 Å². The van der Waals surface area contributed by atoms with Gasteiger partial charge in [-0.15, -0.1) is 0 Å². The van der Waals surface area contributed by atoms with E-state index in [0.717, 1.165) is 31.4 Å².